The summed E-state index contributed by atoms with van der Waals surface area (Å²) in [6.07, 6.45) is 3.47. The highest BCUT2D eigenvalue weighted by molar-refractivity contribution is 5.97. The Morgan fingerprint density at radius 1 is 0.389 bits per heavy atom. The number of carbonyl (C=O) groups excluding carboxylic acids is 8. The number of amidine groups is 4. The lowest BCUT2D eigenvalue weighted by Crippen LogP contribution is -2.48. The minimum Gasteiger partial charge on any atom is -0.465 e. The monoisotopic (exact) mass is 1320 g/mol. The molecule has 0 bridgehead atoms. The molecule has 0 heterocycles. The van der Waals surface area contributed by atoms with E-state index in [0.29, 0.717) is 51.4 Å². The van der Waals surface area contributed by atoms with Crippen molar-refractivity contribution in [3.05, 3.63) is 59.7 Å². The molecule has 0 aliphatic heterocycles. The third-order valence-electron chi connectivity index (χ3n) is 16.6. The largest absolute Gasteiger partial charge is 0.465 e. The van der Waals surface area contributed by atoms with E-state index in [2.05, 4.69) is 30.9 Å². The van der Waals surface area contributed by atoms with Crippen molar-refractivity contribution in [3.8, 4) is 11.1 Å². The Kier molecular flexibility index (Phi) is 36.4. The van der Waals surface area contributed by atoms with Crippen LogP contribution < -0.4 is 79.0 Å². The molecule has 29 N–H and O–H groups in total. The number of fused-ring (bicyclic) bond motifs is 3. The average molecular weight is 1320 g/mol. The van der Waals surface area contributed by atoms with Gasteiger partial charge in [0.2, 0.25) is 23.6 Å². The number of nitrogens with zero attached hydrogens (tertiary/aromatic N) is 3. The molecule has 3 rings (SSSR count). The maximum absolute atomic E-state index is 14.9. The van der Waals surface area contributed by atoms with Crippen LogP contribution in [0.25, 0.3) is 11.1 Å². The molecule has 2 aromatic rings. The van der Waals surface area contributed by atoms with Gasteiger partial charge in [-0.15, -0.1) is 0 Å². The van der Waals surface area contributed by atoms with Crippen LogP contribution in [0.1, 0.15) is 184 Å². The molecule has 0 saturated carbocycles. The van der Waals surface area contributed by atoms with Crippen molar-refractivity contribution >= 4 is 88.2 Å². The summed E-state index contributed by atoms with van der Waals surface area (Å²) in [7, 11) is 0. The van der Waals surface area contributed by atoms with Crippen molar-refractivity contribution in [2.45, 2.75) is 191 Å². The van der Waals surface area contributed by atoms with Gasteiger partial charge in [-0.2, -0.15) is 0 Å². The zero-order valence-corrected chi connectivity index (χ0v) is 54.8. The predicted octanol–water partition coefficient (Wildman–Crippen LogP) is 2.16. The molecule has 30 nitrogen and oxygen atoms in total. The number of hydrogen-bond acceptors (Lipinski definition) is 16. The van der Waals surface area contributed by atoms with Gasteiger partial charge in [0.1, 0.15) is 6.61 Å². The molecule has 30 heteroatoms. The number of nitrogens with two attached hydrogens (primary N) is 11. The van der Waals surface area contributed by atoms with E-state index < -0.39 is 102 Å². The molecule has 1 aliphatic rings. The van der Waals surface area contributed by atoms with Crippen LogP contribution in [0.3, 0.4) is 0 Å². The SMILES string of the molecule is N=C(N)CCCC[C@H](CC(=O)[C@H](CCCN=C(N)N)NC(=O)[C@H](CCCCC(=N)N)CC(=O)[C@H](CCCN=C(N)N)NC(=O)[C@H](CCCCC(=N)N)CC(=O)[C@H](CCCN=C(N)N)NC(=O)[C@H](CCCCC(=N)N)CC(=O)OCC1c2ccccc2-c2ccccc21)C(N)=O. The van der Waals surface area contributed by atoms with Crippen molar-refractivity contribution < 1.29 is 43.1 Å². The second-order valence-corrected chi connectivity index (χ2v) is 24.4. The molecule has 0 fully saturated rings. The summed E-state index contributed by atoms with van der Waals surface area (Å²) < 4.78 is 5.93. The topological polar surface area (TPSA) is 601 Å². The third kappa shape index (κ3) is 31.8. The first-order valence-electron chi connectivity index (χ1n) is 32.8. The summed E-state index contributed by atoms with van der Waals surface area (Å²) >= 11 is 0. The van der Waals surface area contributed by atoms with Gasteiger partial charge < -0.3 is 83.8 Å². The Labute approximate surface area is 556 Å². The number of benzene rings is 2. The quantitative estimate of drug-likeness (QED) is 0.0195. The van der Waals surface area contributed by atoms with Crippen LogP contribution in [0.4, 0.5) is 0 Å². The van der Waals surface area contributed by atoms with Crippen LogP contribution in [-0.4, -0.2) is 133 Å². The first kappa shape index (κ1) is 79.7. The third-order valence-corrected chi connectivity index (χ3v) is 16.6. The minimum absolute atomic E-state index is 0.000465. The number of amides is 4. The number of ketones is 3. The highest BCUT2D eigenvalue weighted by Gasteiger charge is 2.36. The molecule has 0 radical (unpaired) electrons. The zero-order valence-electron chi connectivity index (χ0n) is 54.8. The number of Topliss-reactive ketones (excluding diaryl/α,β-unsaturated/α-hetero) is 3. The second-order valence-electron chi connectivity index (χ2n) is 24.4. The van der Waals surface area contributed by atoms with Gasteiger partial charge in [-0.05, 0) is 112 Å². The van der Waals surface area contributed by atoms with Crippen molar-refractivity contribution in [3.63, 3.8) is 0 Å². The van der Waals surface area contributed by atoms with Gasteiger partial charge in [0.05, 0.1) is 47.9 Å². The van der Waals surface area contributed by atoms with Gasteiger partial charge in [-0.1, -0.05) is 74.2 Å². The Morgan fingerprint density at radius 2 is 0.684 bits per heavy atom. The van der Waals surface area contributed by atoms with Crippen molar-refractivity contribution in [1.29, 1.82) is 21.6 Å². The fourth-order valence-corrected chi connectivity index (χ4v) is 11.5. The number of ether oxygens (including phenoxy) is 1. The van der Waals surface area contributed by atoms with Crippen LogP contribution >= 0.6 is 0 Å². The normalized spacial score (nSPS) is 13.7. The number of rotatable bonds is 52. The molecule has 95 heavy (non-hydrogen) atoms. The van der Waals surface area contributed by atoms with Crippen LogP contribution in [0.2, 0.25) is 0 Å². The maximum atomic E-state index is 14.9. The van der Waals surface area contributed by atoms with Crippen molar-refractivity contribution in [1.82, 2.24) is 16.0 Å². The highest BCUT2D eigenvalue weighted by atomic mass is 16.5. The molecular formula is C65H105N21O9. The number of nitrogens with one attached hydrogen (secondary N) is 7. The first-order chi connectivity index (χ1) is 45.2. The molecule has 524 valence electrons. The number of primary amides is 1. The Hall–Kier alpha value is -9.51. The zero-order chi connectivity index (χ0) is 70.4. The number of aliphatic imine (C=N–C) groups is 3. The van der Waals surface area contributed by atoms with Crippen molar-refractivity contribution in [2.24, 2.45) is 102 Å². The smallest absolute Gasteiger partial charge is 0.306 e. The van der Waals surface area contributed by atoms with E-state index >= 15 is 0 Å². The first-order valence-corrected chi connectivity index (χ1v) is 32.8. The molecule has 0 unspecified atom stereocenters. The molecule has 0 spiro atoms. The number of carbonyl (C=O) groups is 8. The fraction of sp³-hybridized carbons (Fsp3) is 0.585. The standard InChI is InChI=1S/C65H105N21O9/c66-54(67)27-9-1-16-39(59(74)91)34-51(87)48(24-13-31-81-63(75)76)84-60(92)40(17-2-10-28-55(68)69)35-52(88)49(25-14-32-82-64(77)78)85-61(93)41(18-3-11-29-56(70)71)36-53(89)50(26-15-33-83-65(79)80)86-62(94)42(19-4-12-30-57(72)73)37-58(90)95-38-47-45-22-7-5-20-43(45)44-21-6-8-23-46(44)47/h5-8,20-23,39-42,47-50H,1-4,9-19,24-38H2,(H3,66,67)(H3,68,69)(H3,70,71)(H3,72,73)(H2,74,91)(H,84,92)(H,85,93)(H,86,94)(H4,75,76,81)(H4,77,78,82)(H4,79,80,83)/t39-,40-,41-,42-,48+,49+,50+/m1/s1. The lowest BCUT2D eigenvalue weighted by Gasteiger charge is -2.26. The predicted molar refractivity (Wildman–Crippen MR) is 368 cm³/mol. The lowest BCUT2D eigenvalue weighted by molar-refractivity contribution is -0.147. The molecule has 0 saturated heterocycles. The van der Waals surface area contributed by atoms with Gasteiger partial charge in [-0.3, -0.25) is 75.0 Å². The van der Waals surface area contributed by atoms with Gasteiger partial charge in [-0.25, -0.2) is 0 Å². The van der Waals surface area contributed by atoms with Crippen LogP contribution in [0, 0.1) is 45.3 Å². The lowest BCUT2D eigenvalue weighted by atomic mass is 9.88. The summed E-state index contributed by atoms with van der Waals surface area (Å²) in [6, 6.07) is 12.0. The molecule has 4 amide bonds. The van der Waals surface area contributed by atoms with Gasteiger partial charge >= 0.3 is 5.97 Å². The van der Waals surface area contributed by atoms with Gasteiger partial charge in [0.15, 0.2) is 35.2 Å². The van der Waals surface area contributed by atoms with Crippen molar-refractivity contribution in [2.75, 3.05) is 26.2 Å². The molecule has 1 aliphatic carbocycles. The van der Waals surface area contributed by atoms with E-state index in [1.54, 1.807) is 0 Å². The van der Waals surface area contributed by atoms with Gasteiger partial charge in [0, 0.05) is 94.2 Å². The Balaban J connectivity index is 2.02. The summed E-state index contributed by atoms with van der Waals surface area (Å²) in [4.78, 5) is 127. The van der Waals surface area contributed by atoms with E-state index in [-0.39, 0.29) is 176 Å². The van der Waals surface area contributed by atoms with Crippen LogP contribution in [0.15, 0.2) is 63.5 Å². The summed E-state index contributed by atoms with van der Waals surface area (Å²) in [6.45, 7) is 0.209. The molecule has 2 aromatic carbocycles. The number of guanidine groups is 3. The number of esters is 1. The molecule has 7 atom stereocenters. The number of hydrogen-bond donors (Lipinski definition) is 18. The van der Waals surface area contributed by atoms with E-state index in [4.69, 9.17) is 89.4 Å². The summed E-state index contributed by atoms with van der Waals surface area (Å²) in [5.41, 5.74) is 66.0. The minimum atomic E-state index is -1.30. The summed E-state index contributed by atoms with van der Waals surface area (Å²) in [5.74, 6) is -10.4. The molecule has 0 aromatic heterocycles. The highest BCUT2D eigenvalue weighted by Crippen LogP contribution is 2.44. The molecular weight excluding hydrogens is 1220 g/mol. The Bertz CT molecular complexity index is 2970. The fourth-order valence-electron chi connectivity index (χ4n) is 11.5. The van der Waals surface area contributed by atoms with E-state index in [9.17, 15) is 38.4 Å². The second kappa shape index (κ2) is 43.4. The van der Waals surface area contributed by atoms with Crippen LogP contribution in [-0.2, 0) is 43.1 Å². The summed E-state index contributed by atoms with van der Waals surface area (Å²) in [5, 5.41) is 39.5. The van der Waals surface area contributed by atoms with E-state index in [1.165, 1.54) is 0 Å². The van der Waals surface area contributed by atoms with E-state index in [1.807, 2.05) is 48.5 Å². The average Bonchev–Trinajstić information content (AvgIpc) is 1.62. The van der Waals surface area contributed by atoms with E-state index in [0.717, 1.165) is 22.3 Å². The van der Waals surface area contributed by atoms with Crippen LogP contribution in [0.5, 0.6) is 0 Å². The maximum Gasteiger partial charge on any atom is 0.306 e. The Morgan fingerprint density at radius 3 is 0.989 bits per heavy atom. The number of unbranched alkanes of at least 4 members (excludes halogenated alkanes) is 4. The van der Waals surface area contributed by atoms with Gasteiger partial charge in [0.25, 0.3) is 0 Å².